The Kier molecular flexibility index (Phi) is 4.00. The second-order valence-corrected chi connectivity index (χ2v) is 5.43. The van der Waals surface area contributed by atoms with Gasteiger partial charge in [0.05, 0.1) is 0 Å². The van der Waals surface area contributed by atoms with Gasteiger partial charge in [-0.25, -0.2) is 0 Å². The van der Waals surface area contributed by atoms with Crippen LogP contribution < -0.4 is 5.32 Å². The third-order valence-corrected chi connectivity index (χ3v) is 3.49. The van der Waals surface area contributed by atoms with Gasteiger partial charge in [0.2, 0.25) is 0 Å². The van der Waals surface area contributed by atoms with E-state index in [1.807, 2.05) is 0 Å². The van der Waals surface area contributed by atoms with E-state index in [4.69, 9.17) is 0 Å². The molecule has 0 spiro atoms. The molecule has 1 N–H and O–H groups in total. The predicted octanol–water partition coefficient (Wildman–Crippen LogP) is 0.622. The van der Waals surface area contributed by atoms with Gasteiger partial charge in [0.15, 0.2) is 0 Å². The highest BCUT2D eigenvalue weighted by Gasteiger charge is 2.23. The molecule has 2 aliphatic heterocycles. The smallest absolute Gasteiger partial charge is 0.0207 e. The third kappa shape index (κ3) is 3.44. The van der Waals surface area contributed by atoms with Crippen LogP contribution in [0.2, 0.25) is 0 Å². The predicted molar refractivity (Wildman–Crippen MR) is 64.1 cm³/mol. The summed E-state index contributed by atoms with van der Waals surface area (Å²) >= 11 is 0. The Labute approximate surface area is 93.8 Å². The van der Waals surface area contributed by atoms with E-state index in [-0.39, 0.29) is 0 Å². The van der Waals surface area contributed by atoms with E-state index in [1.54, 1.807) is 0 Å². The van der Waals surface area contributed by atoms with Crippen LogP contribution in [0.5, 0.6) is 0 Å². The molecule has 2 aliphatic rings. The van der Waals surface area contributed by atoms with Crippen molar-refractivity contribution in [3.8, 4) is 0 Å². The minimum absolute atomic E-state index is 0.793. The molecule has 0 aromatic rings. The molecular weight excluding hydrogens is 186 g/mol. The van der Waals surface area contributed by atoms with E-state index >= 15 is 0 Å². The Morgan fingerprint density at radius 1 is 1.13 bits per heavy atom. The van der Waals surface area contributed by atoms with E-state index in [1.165, 1.54) is 52.2 Å². The van der Waals surface area contributed by atoms with Crippen LogP contribution >= 0.6 is 0 Å². The Balaban J connectivity index is 1.62. The molecule has 15 heavy (non-hydrogen) atoms. The zero-order chi connectivity index (χ0) is 10.7. The first-order valence-electron chi connectivity index (χ1n) is 6.42. The first-order valence-corrected chi connectivity index (χ1v) is 6.42. The second-order valence-electron chi connectivity index (χ2n) is 5.43. The molecule has 0 radical (unpaired) electrons. The number of piperazine rings is 1. The molecule has 0 aromatic carbocycles. The van der Waals surface area contributed by atoms with Crippen LogP contribution in [0.15, 0.2) is 0 Å². The number of nitrogens with zero attached hydrogens (tertiary/aromatic N) is 2. The van der Waals surface area contributed by atoms with Crippen molar-refractivity contribution in [2.75, 3.05) is 45.8 Å². The van der Waals surface area contributed by atoms with E-state index in [2.05, 4.69) is 29.0 Å². The quantitative estimate of drug-likeness (QED) is 0.735. The van der Waals surface area contributed by atoms with Gasteiger partial charge in [-0.15, -0.1) is 0 Å². The van der Waals surface area contributed by atoms with Crippen molar-refractivity contribution in [3.63, 3.8) is 0 Å². The molecule has 2 saturated heterocycles. The van der Waals surface area contributed by atoms with E-state index < -0.39 is 0 Å². The fraction of sp³-hybridized carbons (Fsp3) is 1.00. The van der Waals surface area contributed by atoms with Crippen LogP contribution in [0.4, 0.5) is 0 Å². The van der Waals surface area contributed by atoms with Crippen molar-refractivity contribution in [2.24, 2.45) is 5.92 Å². The first-order chi connectivity index (χ1) is 7.24. The van der Waals surface area contributed by atoms with Gasteiger partial charge >= 0.3 is 0 Å². The highest BCUT2D eigenvalue weighted by Crippen LogP contribution is 2.09. The van der Waals surface area contributed by atoms with Gasteiger partial charge in [0.1, 0.15) is 0 Å². The number of nitrogens with one attached hydrogen (secondary N) is 1. The molecule has 0 amide bonds. The summed E-state index contributed by atoms with van der Waals surface area (Å²) in [7, 11) is 0. The maximum Gasteiger partial charge on any atom is 0.0207 e. The van der Waals surface area contributed by atoms with Crippen LogP contribution in [-0.2, 0) is 0 Å². The van der Waals surface area contributed by atoms with Crippen LogP contribution in [-0.4, -0.2) is 61.7 Å². The van der Waals surface area contributed by atoms with Gasteiger partial charge in [-0.05, 0) is 18.9 Å². The van der Waals surface area contributed by atoms with Crippen LogP contribution in [0.1, 0.15) is 20.3 Å². The Morgan fingerprint density at radius 3 is 2.20 bits per heavy atom. The number of hydrogen-bond acceptors (Lipinski definition) is 3. The lowest BCUT2D eigenvalue weighted by Gasteiger charge is -2.39. The molecule has 1 unspecified atom stereocenters. The Morgan fingerprint density at radius 2 is 1.73 bits per heavy atom. The van der Waals surface area contributed by atoms with Crippen LogP contribution in [0.3, 0.4) is 0 Å². The van der Waals surface area contributed by atoms with Crippen molar-refractivity contribution in [2.45, 2.75) is 26.3 Å². The minimum Gasteiger partial charge on any atom is -0.313 e. The average molecular weight is 211 g/mol. The molecule has 0 aliphatic carbocycles. The van der Waals surface area contributed by atoms with E-state index in [9.17, 15) is 0 Å². The average Bonchev–Trinajstić information content (AvgIpc) is 2.13. The summed E-state index contributed by atoms with van der Waals surface area (Å²) in [6.07, 6.45) is 1.38. The van der Waals surface area contributed by atoms with Crippen LogP contribution in [0.25, 0.3) is 0 Å². The SMILES string of the molecule is CC(C)CN1CCN(CC2CCN2)CC1. The summed E-state index contributed by atoms with van der Waals surface area (Å²) < 4.78 is 0. The molecule has 0 aromatic heterocycles. The zero-order valence-electron chi connectivity index (χ0n) is 10.2. The summed E-state index contributed by atoms with van der Waals surface area (Å²) in [6, 6.07) is 0.793. The van der Waals surface area contributed by atoms with Gasteiger partial charge in [-0.2, -0.15) is 0 Å². The number of hydrogen-bond donors (Lipinski definition) is 1. The van der Waals surface area contributed by atoms with Crippen molar-refractivity contribution < 1.29 is 0 Å². The molecular formula is C12H25N3. The molecule has 2 rings (SSSR count). The van der Waals surface area contributed by atoms with Crippen LogP contribution in [0, 0.1) is 5.92 Å². The van der Waals surface area contributed by atoms with Gasteiger partial charge in [0.25, 0.3) is 0 Å². The summed E-state index contributed by atoms with van der Waals surface area (Å²) in [6.45, 7) is 13.5. The highest BCUT2D eigenvalue weighted by atomic mass is 15.3. The molecule has 2 heterocycles. The van der Waals surface area contributed by atoms with Gasteiger partial charge in [0, 0.05) is 45.3 Å². The van der Waals surface area contributed by atoms with E-state index in [0.717, 1.165) is 12.0 Å². The molecule has 0 saturated carbocycles. The second kappa shape index (κ2) is 5.28. The lowest BCUT2D eigenvalue weighted by molar-refractivity contribution is 0.105. The zero-order valence-corrected chi connectivity index (χ0v) is 10.2. The van der Waals surface area contributed by atoms with Crippen molar-refractivity contribution >= 4 is 0 Å². The molecule has 3 nitrogen and oxygen atoms in total. The summed E-state index contributed by atoms with van der Waals surface area (Å²) in [5, 5.41) is 3.48. The highest BCUT2D eigenvalue weighted by molar-refractivity contribution is 4.83. The summed E-state index contributed by atoms with van der Waals surface area (Å²) in [5.74, 6) is 0.810. The third-order valence-electron chi connectivity index (χ3n) is 3.49. The van der Waals surface area contributed by atoms with Gasteiger partial charge < -0.3 is 10.2 Å². The molecule has 2 fully saturated rings. The minimum atomic E-state index is 0.793. The van der Waals surface area contributed by atoms with Gasteiger partial charge in [-0.3, -0.25) is 4.90 Å². The standard InChI is InChI=1S/C12H25N3/c1-11(2)9-14-5-7-15(8-6-14)10-12-3-4-13-12/h11-13H,3-10H2,1-2H3. The van der Waals surface area contributed by atoms with Crippen molar-refractivity contribution in [3.05, 3.63) is 0 Å². The van der Waals surface area contributed by atoms with Gasteiger partial charge in [-0.1, -0.05) is 13.8 Å². The molecule has 3 heteroatoms. The monoisotopic (exact) mass is 211 g/mol. The Hall–Kier alpha value is -0.120. The molecule has 0 bridgehead atoms. The van der Waals surface area contributed by atoms with Crippen molar-refractivity contribution in [1.82, 2.24) is 15.1 Å². The topological polar surface area (TPSA) is 18.5 Å². The maximum atomic E-state index is 3.48. The first kappa shape index (κ1) is 11.4. The number of rotatable bonds is 4. The normalized spacial score (nSPS) is 29.4. The van der Waals surface area contributed by atoms with E-state index in [0.29, 0.717) is 0 Å². The lowest BCUT2D eigenvalue weighted by atomic mass is 10.1. The summed E-state index contributed by atoms with van der Waals surface area (Å²) in [4.78, 5) is 5.23. The fourth-order valence-electron chi connectivity index (χ4n) is 2.49. The van der Waals surface area contributed by atoms with Crippen molar-refractivity contribution in [1.29, 1.82) is 0 Å². The summed E-state index contributed by atoms with van der Waals surface area (Å²) in [5.41, 5.74) is 0. The Bertz CT molecular complexity index is 181. The maximum absolute atomic E-state index is 3.48. The largest absolute Gasteiger partial charge is 0.313 e. The molecule has 88 valence electrons. The lowest BCUT2D eigenvalue weighted by Crippen LogP contribution is -2.55. The fourth-order valence-corrected chi connectivity index (χ4v) is 2.49. The molecule has 1 atom stereocenters.